The maximum atomic E-state index is 13.8. The lowest BCUT2D eigenvalue weighted by Gasteiger charge is -2.22. The van der Waals surface area contributed by atoms with Crippen LogP contribution in [0.15, 0.2) is 48.7 Å². The van der Waals surface area contributed by atoms with Gasteiger partial charge in [0, 0.05) is 5.69 Å². The molecule has 0 saturated heterocycles. The molecule has 1 aromatic heterocycles. The number of nitrogens with one attached hydrogen (secondary N) is 2. The van der Waals surface area contributed by atoms with Gasteiger partial charge >= 0.3 is 0 Å². The summed E-state index contributed by atoms with van der Waals surface area (Å²) in [6.07, 6.45) is 1.30. The fourth-order valence-corrected chi connectivity index (χ4v) is 2.53. The summed E-state index contributed by atoms with van der Waals surface area (Å²) >= 11 is 0. The van der Waals surface area contributed by atoms with Crippen molar-refractivity contribution >= 4 is 23.1 Å². The molecule has 0 aliphatic rings. The number of para-hydroxylation sites is 2. The third-order valence-electron chi connectivity index (χ3n) is 3.76. The van der Waals surface area contributed by atoms with E-state index in [1.807, 2.05) is 24.3 Å². The van der Waals surface area contributed by atoms with Crippen molar-refractivity contribution in [3.63, 3.8) is 0 Å². The predicted molar refractivity (Wildman–Crippen MR) is 97.9 cm³/mol. The van der Waals surface area contributed by atoms with Crippen LogP contribution in [0.1, 0.15) is 26.3 Å². The molecular formula is C19H19F2N5. The van der Waals surface area contributed by atoms with E-state index in [9.17, 15) is 8.78 Å². The van der Waals surface area contributed by atoms with Crippen LogP contribution in [0.25, 0.3) is 0 Å². The molecule has 0 atom stereocenters. The molecular weight excluding hydrogens is 336 g/mol. The number of nitrogens with zero attached hydrogens (tertiary/aromatic N) is 3. The highest BCUT2D eigenvalue weighted by Gasteiger charge is 2.18. The van der Waals surface area contributed by atoms with Gasteiger partial charge in [0.2, 0.25) is 5.95 Å². The molecule has 2 aromatic carbocycles. The first-order chi connectivity index (χ1) is 12.3. The smallest absolute Gasteiger partial charge is 0.249 e. The summed E-state index contributed by atoms with van der Waals surface area (Å²) < 4.78 is 27.6. The second kappa shape index (κ2) is 7.03. The highest BCUT2D eigenvalue weighted by Crippen LogP contribution is 2.30. The van der Waals surface area contributed by atoms with Gasteiger partial charge in [0.15, 0.2) is 5.82 Å². The zero-order valence-corrected chi connectivity index (χ0v) is 14.7. The molecule has 3 aromatic rings. The lowest BCUT2D eigenvalue weighted by Crippen LogP contribution is -2.14. The number of hydrogen-bond donors (Lipinski definition) is 2. The minimum atomic E-state index is -0.712. The average Bonchev–Trinajstić information content (AvgIpc) is 2.58. The summed E-state index contributed by atoms with van der Waals surface area (Å²) in [4.78, 5) is 4.24. The number of benzene rings is 2. The Morgan fingerprint density at radius 1 is 0.885 bits per heavy atom. The molecule has 0 fully saturated rings. The van der Waals surface area contributed by atoms with Gasteiger partial charge in [0.05, 0.1) is 6.20 Å². The Bertz CT molecular complexity index is 902. The van der Waals surface area contributed by atoms with Gasteiger partial charge in [0.25, 0.3) is 0 Å². The van der Waals surface area contributed by atoms with Gasteiger partial charge in [-0.25, -0.2) is 8.78 Å². The Balaban J connectivity index is 1.87. The van der Waals surface area contributed by atoms with E-state index in [0.29, 0.717) is 0 Å². The standard InChI is InChI=1S/C19H19F2N5/c1-19(2,3)12-7-4-5-10-15(12)23-18-25-16(11-22-26-18)24-17-13(20)8-6-9-14(17)21/h4-11H,1-3H3,(H2,23,24,25,26). The van der Waals surface area contributed by atoms with Crippen molar-refractivity contribution in [2.45, 2.75) is 26.2 Å². The lowest BCUT2D eigenvalue weighted by molar-refractivity contribution is 0.590. The van der Waals surface area contributed by atoms with Crippen LogP contribution >= 0.6 is 0 Å². The van der Waals surface area contributed by atoms with Gasteiger partial charge in [0.1, 0.15) is 17.3 Å². The van der Waals surface area contributed by atoms with Crippen molar-refractivity contribution in [2.75, 3.05) is 10.6 Å². The lowest BCUT2D eigenvalue weighted by atomic mass is 9.86. The van der Waals surface area contributed by atoms with Gasteiger partial charge < -0.3 is 10.6 Å². The number of anilines is 4. The van der Waals surface area contributed by atoms with Gasteiger partial charge in [-0.15, -0.1) is 5.10 Å². The molecule has 0 unspecified atom stereocenters. The quantitative estimate of drug-likeness (QED) is 0.694. The second-order valence-corrected chi connectivity index (χ2v) is 6.81. The van der Waals surface area contributed by atoms with E-state index in [1.54, 1.807) is 0 Å². The summed E-state index contributed by atoms with van der Waals surface area (Å²) in [6.45, 7) is 6.31. The van der Waals surface area contributed by atoms with Gasteiger partial charge in [-0.2, -0.15) is 10.1 Å². The van der Waals surface area contributed by atoms with Crippen LogP contribution in [-0.2, 0) is 5.41 Å². The van der Waals surface area contributed by atoms with Crippen molar-refractivity contribution in [3.05, 3.63) is 65.9 Å². The Kier molecular flexibility index (Phi) is 4.79. The van der Waals surface area contributed by atoms with E-state index < -0.39 is 11.6 Å². The summed E-state index contributed by atoms with van der Waals surface area (Å²) in [5.74, 6) is -1.02. The molecule has 134 valence electrons. The van der Waals surface area contributed by atoms with E-state index >= 15 is 0 Å². The van der Waals surface area contributed by atoms with E-state index in [4.69, 9.17) is 0 Å². The predicted octanol–water partition coefficient (Wildman–Crippen LogP) is 4.93. The third kappa shape index (κ3) is 3.93. The molecule has 26 heavy (non-hydrogen) atoms. The minimum Gasteiger partial charge on any atom is -0.334 e. The first kappa shape index (κ1) is 17.7. The number of aromatic nitrogens is 3. The van der Waals surface area contributed by atoms with Crippen LogP contribution in [0.2, 0.25) is 0 Å². The van der Waals surface area contributed by atoms with E-state index in [2.05, 4.69) is 46.6 Å². The molecule has 0 aliphatic heterocycles. The molecule has 1 heterocycles. The van der Waals surface area contributed by atoms with E-state index in [1.165, 1.54) is 24.4 Å². The molecule has 0 aliphatic carbocycles. The molecule has 0 spiro atoms. The van der Waals surface area contributed by atoms with Crippen molar-refractivity contribution < 1.29 is 8.78 Å². The van der Waals surface area contributed by atoms with Crippen LogP contribution in [0, 0.1) is 11.6 Å². The number of rotatable bonds is 4. The zero-order valence-electron chi connectivity index (χ0n) is 14.7. The zero-order chi connectivity index (χ0) is 18.7. The van der Waals surface area contributed by atoms with Crippen LogP contribution in [0.4, 0.5) is 31.9 Å². The highest BCUT2D eigenvalue weighted by atomic mass is 19.1. The molecule has 0 saturated carbocycles. The average molecular weight is 355 g/mol. The SMILES string of the molecule is CC(C)(C)c1ccccc1Nc1nncc(Nc2c(F)cccc2F)n1. The van der Waals surface area contributed by atoms with Crippen LogP contribution < -0.4 is 10.6 Å². The maximum absolute atomic E-state index is 13.8. The van der Waals surface area contributed by atoms with Crippen molar-refractivity contribution in [1.29, 1.82) is 0 Å². The van der Waals surface area contributed by atoms with Crippen LogP contribution in [-0.4, -0.2) is 15.2 Å². The third-order valence-corrected chi connectivity index (χ3v) is 3.76. The highest BCUT2D eigenvalue weighted by molar-refractivity contribution is 5.62. The van der Waals surface area contributed by atoms with Gasteiger partial charge in [-0.05, 0) is 29.2 Å². The summed E-state index contributed by atoms with van der Waals surface area (Å²) in [6, 6.07) is 11.4. The molecule has 0 amide bonds. The van der Waals surface area contributed by atoms with E-state index in [-0.39, 0.29) is 22.9 Å². The molecule has 0 bridgehead atoms. The maximum Gasteiger partial charge on any atom is 0.249 e. The Hall–Kier alpha value is -3.09. The summed E-state index contributed by atoms with van der Waals surface area (Å²) in [5.41, 5.74) is 1.57. The minimum absolute atomic E-state index is 0.0802. The number of halogens is 2. The Morgan fingerprint density at radius 2 is 1.58 bits per heavy atom. The van der Waals surface area contributed by atoms with Crippen molar-refractivity contribution in [3.8, 4) is 0 Å². The van der Waals surface area contributed by atoms with Gasteiger partial charge in [-0.1, -0.05) is 45.0 Å². The van der Waals surface area contributed by atoms with Crippen LogP contribution in [0.3, 0.4) is 0 Å². The molecule has 7 heteroatoms. The molecule has 0 radical (unpaired) electrons. The molecule has 2 N–H and O–H groups in total. The first-order valence-electron chi connectivity index (χ1n) is 8.12. The summed E-state index contributed by atoms with van der Waals surface area (Å²) in [5, 5.41) is 13.5. The Labute approximate surface area is 150 Å². The van der Waals surface area contributed by atoms with Crippen molar-refractivity contribution in [2.24, 2.45) is 0 Å². The normalized spacial score (nSPS) is 11.3. The fraction of sp³-hybridized carbons (Fsp3) is 0.211. The second-order valence-electron chi connectivity index (χ2n) is 6.81. The molecule has 5 nitrogen and oxygen atoms in total. The Morgan fingerprint density at radius 3 is 2.27 bits per heavy atom. The topological polar surface area (TPSA) is 62.7 Å². The molecule has 3 rings (SSSR count). The monoisotopic (exact) mass is 355 g/mol. The fourth-order valence-electron chi connectivity index (χ4n) is 2.53. The van der Waals surface area contributed by atoms with Gasteiger partial charge in [-0.3, -0.25) is 0 Å². The number of hydrogen-bond acceptors (Lipinski definition) is 5. The van der Waals surface area contributed by atoms with E-state index in [0.717, 1.165) is 11.3 Å². The largest absolute Gasteiger partial charge is 0.334 e. The van der Waals surface area contributed by atoms with Crippen molar-refractivity contribution in [1.82, 2.24) is 15.2 Å². The van der Waals surface area contributed by atoms with Crippen LogP contribution in [0.5, 0.6) is 0 Å². The first-order valence-corrected chi connectivity index (χ1v) is 8.12. The summed E-state index contributed by atoms with van der Waals surface area (Å²) in [7, 11) is 0.